The van der Waals surface area contributed by atoms with Gasteiger partial charge in [-0.25, -0.2) is 0 Å². The third-order valence-corrected chi connectivity index (χ3v) is 16.0. The Labute approximate surface area is 162 Å². The second-order valence-electron chi connectivity index (χ2n) is 11.0. The summed E-state index contributed by atoms with van der Waals surface area (Å²) in [6.07, 6.45) is 15.8. The standard InChI is InChI=1S/C25H39P/c1-8-26(23(3,4)5)16-13-22-20-10-9-19-17-18(2)11-14-24(19,6)21(20)12-15-25(22,26)7/h8,11,14,17,20-22H,2,9-10,12-13,15-16H2,1,3-7H3. The van der Waals surface area contributed by atoms with Crippen molar-refractivity contribution in [1.29, 1.82) is 0 Å². The summed E-state index contributed by atoms with van der Waals surface area (Å²) in [6.45, 7) is 18.4. The van der Waals surface area contributed by atoms with Crippen molar-refractivity contribution in [2.45, 2.75) is 84.0 Å². The molecule has 4 aliphatic rings. The van der Waals surface area contributed by atoms with Crippen molar-refractivity contribution in [2.24, 2.45) is 23.2 Å². The first-order chi connectivity index (χ1) is 12.1. The van der Waals surface area contributed by atoms with E-state index in [0.717, 1.165) is 17.8 Å². The van der Waals surface area contributed by atoms with E-state index in [1.807, 2.05) is 0 Å². The molecule has 0 N–H and O–H groups in total. The Bertz CT molecular complexity index is 743. The molecule has 144 valence electrons. The molecule has 26 heavy (non-hydrogen) atoms. The first kappa shape index (κ1) is 18.9. The van der Waals surface area contributed by atoms with Crippen LogP contribution in [0, 0.1) is 23.2 Å². The molecule has 3 aliphatic carbocycles. The summed E-state index contributed by atoms with van der Waals surface area (Å²) >= 11 is 0. The summed E-state index contributed by atoms with van der Waals surface area (Å²) < 4.78 is 0. The molecular weight excluding hydrogens is 331 g/mol. The average molecular weight is 371 g/mol. The van der Waals surface area contributed by atoms with Crippen LogP contribution < -0.4 is 0 Å². The molecule has 1 heteroatoms. The molecule has 0 bridgehead atoms. The summed E-state index contributed by atoms with van der Waals surface area (Å²) in [7, 11) is 0. The summed E-state index contributed by atoms with van der Waals surface area (Å²) in [5.41, 5.74) is 3.18. The zero-order chi connectivity index (χ0) is 19.0. The summed E-state index contributed by atoms with van der Waals surface area (Å²) in [5.74, 6) is 5.45. The van der Waals surface area contributed by atoms with Gasteiger partial charge in [0.2, 0.25) is 0 Å². The van der Waals surface area contributed by atoms with Gasteiger partial charge in [-0.1, -0.05) is 77.7 Å². The number of hydrogen-bond donors (Lipinski definition) is 0. The number of rotatable bonds is 0. The highest BCUT2D eigenvalue weighted by Gasteiger charge is 2.62. The Morgan fingerprint density at radius 2 is 1.88 bits per heavy atom. The van der Waals surface area contributed by atoms with E-state index in [0.29, 0.717) is 15.7 Å². The molecule has 3 fully saturated rings. The van der Waals surface area contributed by atoms with Crippen LogP contribution in [0.15, 0.2) is 36.0 Å². The molecule has 2 saturated carbocycles. The molecule has 0 nitrogen and oxygen atoms in total. The van der Waals surface area contributed by atoms with E-state index >= 15 is 0 Å². The number of allylic oxidation sites excluding steroid dienone is 5. The average Bonchev–Trinajstić information content (AvgIpc) is 2.88. The highest BCUT2D eigenvalue weighted by molar-refractivity contribution is 7.77. The van der Waals surface area contributed by atoms with Crippen LogP contribution in [0.5, 0.6) is 0 Å². The van der Waals surface area contributed by atoms with Crippen molar-refractivity contribution >= 4 is 12.7 Å². The summed E-state index contributed by atoms with van der Waals surface area (Å²) in [6, 6.07) is 0. The SMILES string of the molecule is C=C1C=CC2(C)C(=C1)CCC1C2CCC2(C)C1CCP2(=CC)C(C)(C)C. The minimum atomic E-state index is -1.06. The molecule has 0 radical (unpaired) electrons. The second kappa shape index (κ2) is 5.76. The molecule has 1 heterocycles. The van der Waals surface area contributed by atoms with Crippen LogP contribution in [0.2, 0.25) is 0 Å². The van der Waals surface area contributed by atoms with Crippen LogP contribution in [-0.4, -0.2) is 22.3 Å². The topological polar surface area (TPSA) is 0 Å². The molecule has 1 saturated heterocycles. The van der Waals surface area contributed by atoms with Crippen molar-refractivity contribution in [2.75, 3.05) is 6.16 Å². The van der Waals surface area contributed by atoms with Crippen molar-refractivity contribution in [1.82, 2.24) is 0 Å². The van der Waals surface area contributed by atoms with Crippen LogP contribution in [0.4, 0.5) is 0 Å². The van der Waals surface area contributed by atoms with E-state index < -0.39 is 6.89 Å². The van der Waals surface area contributed by atoms with E-state index in [4.69, 9.17) is 0 Å². The van der Waals surface area contributed by atoms with Gasteiger partial charge in [-0.15, -0.1) is 0 Å². The first-order valence-corrected chi connectivity index (χ1v) is 12.9. The fourth-order valence-corrected chi connectivity index (χ4v) is 14.6. The monoisotopic (exact) mass is 370 g/mol. The smallest absolute Gasteiger partial charge is 0.0100 e. The third-order valence-electron chi connectivity index (χ3n) is 9.35. The van der Waals surface area contributed by atoms with Crippen LogP contribution in [-0.2, 0) is 0 Å². The van der Waals surface area contributed by atoms with Gasteiger partial charge in [0.1, 0.15) is 0 Å². The Hall–Kier alpha value is -0.480. The molecule has 0 spiro atoms. The maximum absolute atomic E-state index is 4.20. The van der Waals surface area contributed by atoms with Gasteiger partial charge in [0.15, 0.2) is 0 Å². The Kier molecular flexibility index (Phi) is 4.18. The molecule has 0 amide bonds. The highest BCUT2D eigenvalue weighted by Crippen LogP contribution is 2.79. The van der Waals surface area contributed by atoms with Crippen LogP contribution in [0.1, 0.15) is 73.6 Å². The highest BCUT2D eigenvalue weighted by atomic mass is 31.2. The van der Waals surface area contributed by atoms with E-state index in [1.54, 1.807) is 5.57 Å². The van der Waals surface area contributed by atoms with Crippen LogP contribution >= 0.6 is 6.89 Å². The molecule has 4 rings (SSSR count). The quantitative estimate of drug-likeness (QED) is 0.393. The van der Waals surface area contributed by atoms with Gasteiger partial charge >= 0.3 is 0 Å². The first-order valence-electron chi connectivity index (χ1n) is 10.9. The van der Waals surface area contributed by atoms with Crippen molar-refractivity contribution in [3.63, 3.8) is 0 Å². The minimum absolute atomic E-state index is 0.298. The lowest BCUT2D eigenvalue weighted by Crippen LogP contribution is -2.51. The van der Waals surface area contributed by atoms with E-state index in [-0.39, 0.29) is 0 Å². The van der Waals surface area contributed by atoms with Gasteiger partial charge in [0.05, 0.1) is 0 Å². The molecule has 0 aromatic rings. The second-order valence-corrected chi connectivity index (χ2v) is 16.0. The largest absolute Gasteiger partial charge is 0.0981 e. The fourth-order valence-electron chi connectivity index (χ4n) is 8.11. The number of hydrogen-bond acceptors (Lipinski definition) is 0. The molecule has 6 unspecified atom stereocenters. The molecule has 6 atom stereocenters. The zero-order valence-electron chi connectivity index (χ0n) is 17.9. The minimum Gasteiger partial charge on any atom is -0.0981 e. The van der Waals surface area contributed by atoms with Crippen molar-refractivity contribution < 1.29 is 0 Å². The third kappa shape index (κ3) is 2.21. The summed E-state index contributed by atoms with van der Waals surface area (Å²) in [4.78, 5) is 0. The van der Waals surface area contributed by atoms with Gasteiger partial charge in [-0.3, -0.25) is 0 Å². The van der Waals surface area contributed by atoms with Gasteiger partial charge in [-0.05, 0) is 78.8 Å². The maximum atomic E-state index is 4.20. The van der Waals surface area contributed by atoms with Crippen LogP contribution in [0.25, 0.3) is 0 Å². The molecule has 0 aromatic carbocycles. The fraction of sp³-hybridized carbons (Fsp3) is 0.720. The van der Waals surface area contributed by atoms with Crippen molar-refractivity contribution in [3.8, 4) is 0 Å². The summed E-state index contributed by atoms with van der Waals surface area (Å²) in [5, 5.41) is 1.05. The Balaban J connectivity index is 1.75. The van der Waals surface area contributed by atoms with Gasteiger partial charge in [0, 0.05) is 5.41 Å². The van der Waals surface area contributed by atoms with E-state index in [9.17, 15) is 0 Å². The zero-order valence-corrected chi connectivity index (χ0v) is 18.8. The molecular formula is C25H39P. The Morgan fingerprint density at radius 3 is 2.54 bits per heavy atom. The molecule has 1 aliphatic heterocycles. The lowest BCUT2D eigenvalue weighted by molar-refractivity contribution is 0.0368. The van der Waals surface area contributed by atoms with Crippen LogP contribution in [0.3, 0.4) is 0 Å². The van der Waals surface area contributed by atoms with E-state index in [1.165, 1.54) is 43.8 Å². The normalized spacial score (nSPS) is 47.7. The van der Waals surface area contributed by atoms with Gasteiger partial charge in [-0.2, -0.15) is 0 Å². The maximum Gasteiger partial charge on any atom is 0.0100 e. The van der Waals surface area contributed by atoms with Gasteiger partial charge < -0.3 is 0 Å². The number of fused-ring (bicyclic) bond motifs is 5. The predicted octanol–water partition coefficient (Wildman–Crippen LogP) is 7.28. The van der Waals surface area contributed by atoms with Gasteiger partial charge in [0.25, 0.3) is 0 Å². The molecule has 0 aromatic heterocycles. The Morgan fingerprint density at radius 1 is 1.15 bits per heavy atom. The lowest BCUT2D eigenvalue weighted by Gasteiger charge is -2.60. The van der Waals surface area contributed by atoms with E-state index in [2.05, 4.69) is 72.1 Å². The lowest BCUT2D eigenvalue weighted by atomic mass is 9.50. The van der Waals surface area contributed by atoms with Crippen molar-refractivity contribution in [3.05, 3.63) is 36.0 Å². The predicted molar refractivity (Wildman–Crippen MR) is 120 cm³/mol.